The van der Waals surface area contributed by atoms with Gasteiger partial charge in [-0.25, -0.2) is 29.1 Å². The number of aromatic amines is 1. The van der Waals surface area contributed by atoms with Crippen LogP contribution in [0.15, 0.2) is 121 Å². The van der Waals surface area contributed by atoms with Gasteiger partial charge in [0.15, 0.2) is 0 Å². The van der Waals surface area contributed by atoms with Crippen molar-refractivity contribution in [3.8, 4) is 44.5 Å². The van der Waals surface area contributed by atoms with E-state index in [-0.39, 0.29) is 39.3 Å². The van der Waals surface area contributed by atoms with E-state index in [1.165, 1.54) is 48.5 Å². The molecule has 2 aliphatic rings. The van der Waals surface area contributed by atoms with Crippen LogP contribution in [-0.4, -0.2) is 59.3 Å². The Balaban J connectivity index is 0.00000514. The maximum absolute atomic E-state index is 11.8. The molecular weight excluding hydrogens is 824 g/mol. The Hall–Kier alpha value is -8.12. The molecule has 5 heterocycles. The Morgan fingerprint density at radius 2 is 0.639 bits per heavy atom. The zero-order chi connectivity index (χ0) is 41.7. The number of carboxylic acid groups (broad SMARTS) is 4. The molecule has 7 aromatic rings. The first-order chi connectivity index (χ1) is 29.0. The molecule has 0 saturated carbocycles. The normalized spacial score (nSPS) is 11.5. The van der Waals surface area contributed by atoms with E-state index in [2.05, 4.69) is 4.98 Å². The summed E-state index contributed by atoms with van der Waals surface area (Å²) in [6, 6.07) is 33.3. The number of aromatic nitrogens is 4. The maximum Gasteiger partial charge on any atom is 1.00 e. The molecule has 61 heavy (non-hydrogen) atoms. The minimum atomic E-state index is -1.07. The molecule has 3 aromatic heterocycles. The largest absolute Gasteiger partial charge is 1.00 e. The minimum absolute atomic E-state index is 0. The monoisotopic (exact) mass is 852 g/mol. The van der Waals surface area contributed by atoms with Crippen LogP contribution in [-0.2, 0) is 17.1 Å². The van der Waals surface area contributed by atoms with Crippen molar-refractivity contribution in [1.29, 1.82) is 0 Å². The predicted molar refractivity (Wildman–Crippen MR) is 227 cm³/mol. The Labute approximate surface area is 356 Å². The quantitative estimate of drug-likeness (QED) is 0.0910. The molecule has 9 rings (SSSR count). The molecule has 0 spiro atoms. The summed E-state index contributed by atoms with van der Waals surface area (Å²) in [6.07, 6.45) is 7.40. The van der Waals surface area contributed by atoms with Crippen LogP contribution in [0.4, 0.5) is 0 Å². The molecule has 2 aliphatic heterocycles. The van der Waals surface area contributed by atoms with Gasteiger partial charge in [-0.05, 0) is 118 Å². The molecule has 300 valence electrons. The van der Waals surface area contributed by atoms with Crippen LogP contribution in [0.2, 0.25) is 0 Å². The second-order valence-corrected chi connectivity index (χ2v) is 14.0. The third-order valence-electron chi connectivity index (χ3n) is 10.4. The van der Waals surface area contributed by atoms with E-state index in [1.807, 2.05) is 48.6 Å². The number of H-pyrrole nitrogens is 1. The summed E-state index contributed by atoms with van der Waals surface area (Å²) < 4.78 is 0. The average molecular weight is 853 g/mol. The molecule has 5 N–H and O–H groups in total. The number of aromatic carboxylic acids is 4. The van der Waals surface area contributed by atoms with E-state index in [4.69, 9.17) is 15.0 Å². The summed E-state index contributed by atoms with van der Waals surface area (Å²) in [6.45, 7) is 0. The van der Waals surface area contributed by atoms with E-state index in [0.717, 1.165) is 0 Å². The number of benzene rings is 4. The smallest absolute Gasteiger partial charge is 0.657 e. The predicted octanol–water partition coefficient (Wildman–Crippen LogP) is 9.74. The third kappa shape index (κ3) is 7.42. The van der Waals surface area contributed by atoms with Crippen LogP contribution in [0.25, 0.3) is 90.9 Å². The van der Waals surface area contributed by atoms with Gasteiger partial charge in [-0.3, -0.25) is 0 Å². The van der Waals surface area contributed by atoms with Gasteiger partial charge < -0.3 is 30.4 Å². The Morgan fingerprint density at radius 1 is 0.377 bits per heavy atom. The van der Waals surface area contributed by atoms with Crippen LogP contribution < -0.4 is 4.98 Å². The Morgan fingerprint density at radius 3 is 0.918 bits per heavy atom. The number of nitrogens with one attached hydrogen (secondary N) is 1. The topological polar surface area (TPSA) is 205 Å². The summed E-state index contributed by atoms with van der Waals surface area (Å²) in [5.41, 5.74) is 10.1. The Bertz CT molecular complexity index is 2760. The second kappa shape index (κ2) is 15.9. The molecule has 0 fully saturated rings. The first kappa shape index (κ1) is 39.7. The zero-order valence-electron chi connectivity index (χ0n) is 31.4. The van der Waals surface area contributed by atoms with Gasteiger partial charge in [0.25, 0.3) is 0 Å². The summed E-state index contributed by atoms with van der Waals surface area (Å²) in [5, 5.41) is 38.7. The third-order valence-corrected chi connectivity index (χ3v) is 10.4. The van der Waals surface area contributed by atoms with Crippen LogP contribution in [0.5, 0.6) is 0 Å². The number of nitrogens with zero attached hydrogens (tertiary/aromatic N) is 3. The van der Waals surface area contributed by atoms with E-state index < -0.39 is 23.9 Å². The number of rotatable bonds is 8. The maximum atomic E-state index is 11.8. The van der Waals surface area contributed by atoms with Gasteiger partial charge in [-0.1, -0.05) is 60.7 Å². The van der Waals surface area contributed by atoms with Crippen molar-refractivity contribution in [2.24, 2.45) is 0 Å². The first-order valence-electron chi connectivity index (χ1n) is 18.5. The van der Waals surface area contributed by atoms with E-state index in [9.17, 15) is 39.6 Å². The van der Waals surface area contributed by atoms with Crippen LogP contribution in [0, 0.1) is 0 Å². The van der Waals surface area contributed by atoms with E-state index in [1.54, 1.807) is 48.5 Å². The summed E-state index contributed by atoms with van der Waals surface area (Å²) >= 11 is 0. The number of fused-ring (bicyclic) bond motifs is 8. The van der Waals surface area contributed by atoms with Crippen molar-refractivity contribution >= 4 is 70.2 Å². The molecule has 13 heteroatoms. The number of hydrogen-bond acceptors (Lipinski definition) is 6. The molecule has 4 aromatic carbocycles. The van der Waals surface area contributed by atoms with E-state index in [0.29, 0.717) is 89.4 Å². The molecular formula is C48H29CuN4O8. The van der Waals surface area contributed by atoms with Crippen LogP contribution in [0.3, 0.4) is 0 Å². The van der Waals surface area contributed by atoms with Gasteiger partial charge in [0.1, 0.15) is 0 Å². The van der Waals surface area contributed by atoms with Crippen LogP contribution >= 0.6 is 0 Å². The Kier molecular flexibility index (Phi) is 10.4. The summed E-state index contributed by atoms with van der Waals surface area (Å²) in [4.78, 5) is 66.3. The van der Waals surface area contributed by atoms with Crippen molar-refractivity contribution in [2.45, 2.75) is 0 Å². The fraction of sp³-hybridized carbons (Fsp3) is 0. The van der Waals surface area contributed by atoms with Crippen molar-refractivity contribution in [3.63, 3.8) is 0 Å². The van der Waals surface area contributed by atoms with Gasteiger partial charge in [-0.2, -0.15) is 0 Å². The molecule has 0 radical (unpaired) electrons. The second-order valence-electron chi connectivity index (χ2n) is 14.0. The van der Waals surface area contributed by atoms with E-state index >= 15 is 0 Å². The van der Waals surface area contributed by atoms with Crippen molar-refractivity contribution < 1.29 is 56.7 Å². The average Bonchev–Trinajstić information content (AvgIpc) is 4.10. The molecule has 0 atom stereocenters. The SMILES string of the molecule is O=C(O)c1ccc(-c2c3nc(c(-c4ccc(C(=O)O)cc4)c4ccc([nH]4)c(-c4ccc(C(=O)O)cc4)c4nc(c(-c5ccc(C(=O)O)cc5)c5ccc2[n-]5)C=C4)C=C3)cc1.[Cu+]. The molecule has 8 bridgehead atoms. The first-order valence-corrected chi connectivity index (χ1v) is 18.5. The zero-order valence-corrected chi connectivity index (χ0v) is 32.4. The molecule has 0 saturated heterocycles. The van der Waals surface area contributed by atoms with Crippen LogP contribution in [0.1, 0.15) is 64.2 Å². The summed E-state index contributed by atoms with van der Waals surface area (Å²) in [5.74, 6) is -4.28. The molecule has 0 aliphatic carbocycles. The fourth-order valence-corrected chi connectivity index (χ4v) is 7.46. The number of carboxylic acids is 4. The summed E-state index contributed by atoms with van der Waals surface area (Å²) in [7, 11) is 0. The minimum Gasteiger partial charge on any atom is -0.657 e. The van der Waals surface area contributed by atoms with Crippen molar-refractivity contribution in [3.05, 3.63) is 166 Å². The molecule has 12 nitrogen and oxygen atoms in total. The van der Waals surface area contributed by atoms with Gasteiger partial charge in [0.05, 0.1) is 45.0 Å². The van der Waals surface area contributed by atoms with Crippen molar-refractivity contribution in [1.82, 2.24) is 19.9 Å². The molecule has 0 amide bonds. The van der Waals surface area contributed by atoms with Gasteiger partial charge >= 0.3 is 40.9 Å². The van der Waals surface area contributed by atoms with Gasteiger partial charge in [0.2, 0.25) is 0 Å². The number of carbonyl (C=O) groups is 4. The van der Waals surface area contributed by atoms with Gasteiger partial charge in [-0.15, -0.1) is 11.0 Å². The van der Waals surface area contributed by atoms with Crippen molar-refractivity contribution in [2.75, 3.05) is 0 Å². The molecule has 0 unspecified atom stereocenters. The number of hydrogen-bond donors (Lipinski definition) is 5. The standard InChI is InChI=1S/C48H30N4O8.Cu/c53-45(54)29-9-1-25(2-10-29)41-33-17-19-35(49-33)42(26-3-11-30(12-4-26)46(55)56)37-21-23-39(51-37)44(28-7-15-32(16-8-28)48(59)60)40-24-22-38(52-40)43(36-20-18-34(41)50-36)27-5-13-31(14-6-27)47(57)58;/h1-24H,(H6,49,50,51,52,53,54,55,56,57,58,59,60);/q;+1/p-1. The van der Waals surface area contributed by atoms with Gasteiger partial charge in [0, 0.05) is 22.2 Å². The fourth-order valence-electron chi connectivity index (χ4n) is 7.46.